The summed E-state index contributed by atoms with van der Waals surface area (Å²) in [5.41, 5.74) is -0.183. The molecule has 0 saturated carbocycles. The zero-order valence-electron chi connectivity index (χ0n) is 16.8. The molecule has 0 radical (unpaired) electrons. The Hall–Kier alpha value is -3.50. The van der Waals surface area contributed by atoms with Gasteiger partial charge in [-0.15, -0.1) is 0 Å². The van der Waals surface area contributed by atoms with Crippen LogP contribution in [0.1, 0.15) is 55.1 Å². The van der Waals surface area contributed by atoms with Crippen LogP contribution >= 0.6 is 0 Å². The first-order valence-electron chi connectivity index (χ1n) is 9.38. The Morgan fingerprint density at radius 3 is 2.63 bits per heavy atom. The van der Waals surface area contributed by atoms with Crippen LogP contribution in [0, 0.1) is 10.1 Å². The zero-order valence-corrected chi connectivity index (χ0v) is 16.8. The first-order valence-corrected chi connectivity index (χ1v) is 9.38. The Morgan fingerprint density at radius 1 is 1.33 bits per heavy atom. The highest BCUT2D eigenvalue weighted by atomic mass is 16.6. The number of piperidine rings is 1. The molecule has 4 amide bonds. The number of nitro groups is 1. The number of alkyl carbamates (subject to hydrolysis) is 1. The van der Waals surface area contributed by atoms with Crippen LogP contribution in [0.4, 0.5) is 10.5 Å². The van der Waals surface area contributed by atoms with E-state index >= 15 is 0 Å². The Labute approximate surface area is 171 Å². The van der Waals surface area contributed by atoms with Gasteiger partial charge in [0, 0.05) is 24.6 Å². The molecule has 0 bridgehead atoms. The lowest BCUT2D eigenvalue weighted by atomic mass is 10.0. The van der Waals surface area contributed by atoms with E-state index in [2.05, 4.69) is 10.6 Å². The van der Waals surface area contributed by atoms with Gasteiger partial charge in [-0.05, 0) is 38.8 Å². The molecule has 1 aromatic carbocycles. The summed E-state index contributed by atoms with van der Waals surface area (Å²) in [4.78, 5) is 60.3. The van der Waals surface area contributed by atoms with Crippen LogP contribution in [0.2, 0.25) is 0 Å². The number of carbonyl (C=O) groups excluding carboxylic acids is 4. The summed E-state index contributed by atoms with van der Waals surface area (Å²) in [5, 5.41) is 16.2. The quantitative estimate of drug-likeness (QED) is 0.426. The van der Waals surface area contributed by atoms with Crippen LogP contribution in [0.5, 0.6) is 0 Å². The molecule has 0 aliphatic carbocycles. The van der Waals surface area contributed by atoms with Crippen LogP contribution in [0.3, 0.4) is 0 Å². The lowest BCUT2D eigenvalue weighted by Gasteiger charge is -2.29. The normalized spacial score (nSPS) is 18.7. The predicted octanol–water partition coefficient (Wildman–Crippen LogP) is 1.38. The topological polar surface area (TPSA) is 148 Å². The van der Waals surface area contributed by atoms with Crippen molar-refractivity contribution in [1.29, 1.82) is 0 Å². The number of hydrogen-bond donors (Lipinski definition) is 2. The van der Waals surface area contributed by atoms with Crippen molar-refractivity contribution in [2.75, 3.05) is 0 Å². The minimum Gasteiger partial charge on any atom is -0.444 e. The number of hydrogen-bond acceptors (Lipinski definition) is 7. The smallest absolute Gasteiger partial charge is 0.407 e. The lowest BCUT2D eigenvalue weighted by molar-refractivity contribution is -0.385. The first-order chi connectivity index (χ1) is 14.0. The molecule has 160 valence electrons. The standard InChI is InChI=1S/C19H22N4O7/c1-19(2,3)30-18(27)20-8-10-6-11-9-22(13-4-5-15(24)21-16(13)25)17(26)12(11)7-14(10)23(28)29/h6-7,13H,4-5,8-9H2,1-3H3,(H,20,27)(H,21,24,25). The van der Waals surface area contributed by atoms with E-state index < -0.39 is 40.4 Å². The minimum absolute atomic E-state index is 0.0812. The predicted molar refractivity (Wildman–Crippen MR) is 102 cm³/mol. The fraction of sp³-hybridized carbons (Fsp3) is 0.474. The van der Waals surface area contributed by atoms with Gasteiger partial charge >= 0.3 is 6.09 Å². The van der Waals surface area contributed by atoms with Gasteiger partial charge in [0.2, 0.25) is 11.8 Å². The Kier molecular flexibility index (Phi) is 5.47. The third-order valence-electron chi connectivity index (χ3n) is 4.74. The number of ether oxygens (including phenoxy) is 1. The molecule has 1 aromatic rings. The maximum atomic E-state index is 12.8. The number of benzene rings is 1. The van der Waals surface area contributed by atoms with Crippen molar-refractivity contribution < 1.29 is 28.8 Å². The van der Waals surface area contributed by atoms with Gasteiger partial charge in [0.25, 0.3) is 11.6 Å². The zero-order chi connectivity index (χ0) is 22.2. The molecule has 30 heavy (non-hydrogen) atoms. The highest BCUT2D eigenvalue weighted by Crippen LogP contribution is 2.32. The largest absolute Gasteiger partial charge is 0.444 e. The fourth-order valence-corrected chi connectivity index (χ4v) is 3.45. The maximum absolute atomic E-state index is 12.8. The first kappa shape index (κ1) is 21.2. The highest BCUT2D eigenvalue weighted by molar-refractivity contribution is 6.05. The van der Waals surface area contributed by atoms with E-state index in [9.17, 15) is 29.3 Å². The van der Waals surface area contributed by atoms with Crippen LogP contribution in [-0.4, -0.2) is 45.3 Å². The van der Waals surface area contributed by atoms with E-state index in [-0.39, 0.29) is 42.7 Å². The summed E-state index contributed by atoms with van der Waals surface area (Å²) in [7, 11) is 0. The Bertz CT molecular complexity index is 951. The van der Waals surface area contributed by atoms with Crippen molar-refractivity contribution in [2.24, 2.45) is 0 Å². The number of amides is 4. The van der Waals surface area contributed by atoms with Crippen molar-refractivity contribution in [2.45, 2.75) is 58.3 Å². The van der Waals surface area contributed by atoms with Crippen molar-refractivity contribution >= 4 is 29.5 Å². The molecule has 2 aliphatic heterocycles. The summed E-state index contributed by atoms with van der Waals surface area (Å²) in [6.07, 6.45) is -0.417. The molecule has 1 saturated heterocycles. The molecule has 11 heteroatoms. The summed E-state index contributed by atoms with van der Waals surface area (Å²) in [6, 6.07) is 1.83. The second-order valence-corrected chi connectivity index (χ2v) is 8.15. The minimum atomic E-state index is -0.815. The SMILES string of the molecule is CC(C)(C)OC(=O)NCc1cc2c(cc1[N+](=O)[O-])C(=O)N(C1CCC(=O)NC1=O)C2. The number of nitrogens with zero attached hydrogens (tertiary/aromatic N) is 2. The molecule has 0 spiro atoms. The van der Waals surface area contributed by atoms with E-state index in [0.717, 1.165) is 6.07 Å². The van der Waals surface area contributed by atoms with Gasteiger partial charge in [0.05, 0.1) is 17.0 Å². The van der Waals surface area contributed by atoms with Crippen LogP contribution < -0.4 is 10.6 Å². The molecular formula is C19H22N4O7. The van der Waals surface area contributed by atoms with Gasteiger partial charge in [0.1, 0.15) is 11.6 Å². The molecule has 1 unspecified atom stereocenters. The molecule has 2 aliphatic rings. The van der Waals surface area contributed by atoms with Gasteiger partial charge in [0.15, 0.2) is 0 Å². The molecular weight excluding hydrogens is 396 g/mol. The van der Waals surface area contributed by atoms with E-state index in [1.54, 1.807) is 20.8 Å². The van der Waals surface area contributed by atoms with Gasteiger partial charge in [-0.3, -0.25) is 29.8 Å². The molecule has 0 aromatic heterocycles. The maximum Gasteiger partial charge on any atom is 0.407 e. The third kappa shape index (κ3) is 4.39. The number of fused-ring (bicyclic) bond motifs is 1. The van der Waals surface area contributed by atoms with Crippen LogP contribution in [0.25, 0.3) is 0 Å². The number of rotatable bonds is 4. The van der Waals surface area contributed by atoms with Gasteiger partial charge in [-0.25, -0.2) is 4.79 Å². The van der Waals surface area contributed by atoms with Gasteiger partial charge in [-0.2, -0.15) is 0 Å². The number of nitro benzene ring substituents is 1. The van der Waals surface area contributed by atoms with Crippen LogP contribution in [-0.2, 0) is 27.4 Å². The molecule has 11 nitrogen and oxygen atoms in total. The molecule has 3 rings (SSSR count). The summed E-state index contributed by atoms with van der Waals surface area (Å²) in [5.74, 6) is -1.46. The van der Waals surface area contributed by atoms with Crippen LogP contribution in [0.15, 0.2) is 12.1 Å². The number of carbonyl (C=O) groups is 4. The Morgan fingerprint density at radius 2 is 2.03 bits per heavy atom. The Balaban J connectivity index is 1.82. The van der Waals surface area contributed by atoms with Gasteiger partial charge in [-0.1, -0.05) is 0 Å². The second-order valence-electron chi connectivity index (χ2n) is 8.15. The monoisotopic (exact) mass is 418 g/mol. The summed E-state index contributed by atoms with van der Waals surface area (Å²) >= 11 is 0. The summed E-state index contributed by atoms with van der Waals surface area (Å²) < 4.78 is 5.13. The van der Waals surface area contributed by atoms with Crippen molar-refractivity contribution in [3.8, 4) is 0 Å². The molecule has 1 fully saturated rings. The molecule has 2 N–H and O–H groups in total. The highest BCUT2D eigenvalue weighted by Gasteiger charge is 2.40. The number of nitrogens with one attached hydrogen (secondary N) is 2. The van der Waals surface area contributed by atoms with E-state index in [1.807, 2.05) is 0 Å². The third-order valence-corrected chi connectivity index (χ3v) is 4.74. The van der Waals surface area contributed by atoms with E-state index in [4.69, 9.17) is 4.74 Å². The van der Waals surface area contributed by atoms with E-state index in [1.165, 1.54) is 11.0 Å². The average molecular weight is 418 g/mol. The van der Waals surface area contributed by atoms with Crippen molar-refractivity contribution in [3.05, 3.63) is 38.9 Å². The van der Waals surface area contributed by atoms with Crippen molar-refractivity contribution in [3.63, 3.8) is 0 Å². The van der Waals surface area contributed by atoms with Crippen molar-refractivity contribution in [1.82, 2.24) is 15.5 Å². The lowest BCUT2D eigenvalue weighted by Crippen LogP contribution is -2.52. The fourth-order valence-electron chi connectivity index (χ4n) is 3.45. The molecule has 2 heterocycles. The molecule has 1 atom stereocenters. The van der Waals surface area contributed by atoms with E-state index in [0.29, 0.717) is 5.56 Å². The number of imide groups is 1. The van der Waals surface area contributed by atoms with Gasteiger partial charge < -0.3 is 15.0 Å². The summed E-state index contributed by atoms with van der Waals surface area (Å²) in [6.45, 7) is 5.00. The second kappa shape index (κ2) is 7.73. The average Bonchev–Trinajstić information content (AvgIpc) is 2.93.